The van der Waals surface area contributed by atoms with Crippen molar-refractivity contribution in [2.24, 2.45) is 0 Å². The molecule has 2 N–H and O–H groups in total. The average molecular weight is 430 g/mol. The molecule has 0 unspecified atom stereocenters. The summed E-state index contributed by atoms with van der Waals surface area (Å²) in [5.74, 6) is -4.04. The Bertz CT molecular complexity index is 853. The highest BCUT2D eigenvalue weighted by Crippen LogP contribution is 2.26. The van der Waals surface area contributed by atoms with Crippen molar-refractivity contribution in [3.05, 3.63) is 24.3 Å². The zero-order valence-corrected chi connectivity index (χ0v) is 16.6. The van der Waals surface area contributed by atoms with Crippen molar-refractivity contribution in [2.75, 3.05) is 44.6 Å². The van der Waals surface area contributed by atoms with Crippen LogP contribution in [-0.2, 0) is 19.4 Å². The molecule has 8 nitrogen and oxygen atoms in total. The molecule has 0 bridgehead atoms. The number of piperazine rings is 1. The van der Waals surface area contributed by atoms with Crippen molar-refractivity contribution in [3.63, 3.8) is 0 Å². The van der Waals surface area contributed by atoms with Gasteiger partial charge in [-0.05, 0) is 25.0 Å². The largest absolute Gasteiger partial charge is 0.352 e. The number of sulfone groups is 1. The maximum Gasteiger partial charge on any atom is 0.341 e. The van der Waals surface area contributed by atoms with Crippen LogP contribution in [0, 0.1) is 0 Å². The molecule has 2 amide bonds. The van der Waals surface area contributed by atoms with Crippen LogP contribution in [-0.4, -0.2) is 81.1 Å². The van der Waals surface area contributed by atoms with Crippen LogP contribution in [0.2, 0.25) is 0 Å². The van der Waals surface area contributed by atoms with E-state index < -0.39 is 26.4 Å². The van der Waals surface area contributed by atoms with Crippen LogP contribution >= 0.6 is 0 Å². The molecule has 160 valence electrons. The number of hydrogen-bond donors (Lipinski definition) is 2. The molecule has 1 aliphatic carbocycles. The van der Waals surface area contributed by atoms with Gasteiger partial charge in [0.1, 0.15) is 0 Å². The molecule has 1 aliphatic heterocycles. The molecule has 0 radical (unpaired) electrons. The van der Waals surface area contributed by atoms with Crippen LogP contribution < -0.4 is 10.6 Å². The summed E-state index contributed by atoms with van der Waals surface area (Å²) in [7, 11) is -4.82. The molecule has 1 aromatic carbocycles. The summed E-state index contributed by atoms with van der Waals surface area (Å²) in [6, 6.07) is 5.44. The Morgan fingerprint density at radius 3 is 2.10 bits per heavy atom. The van der Waals surface area contributed by atoms with Gasteiger partial charge < -0.3 is 10.6 Å². The summed E-state index contributed by atoms with van der Waals surface area (Å²) in [6.45, 7) is 2.73. The number of anilines is 1. The third-order valence-electron chi connectivity index (χ3n) is 4.84. The van der Waals surface area contributed by atoms with Crippen LogP contribution in [0.5, 0.6) is 0 Å². The molecule has 1 saturated carbocycles. The number of hydrogen-bond acceptors (Lipinski definition) is 6. The van der Waals surface area contributed by atoms with Gasteiger partial charge >= 0.3 is 5.76 Å². The maximum atomic E-state index is 12.8. The monoisotopic (exact) mass is 430 g/mol. The molecule has 2 fully saturated rings. The van der Waals surface area contributed by atoms with Gasteiger partial charge in [-0.25, -0.2) is 8.42 Å². The highest BCUT2D eigenvalue weighted by atomic mass is 32.2. The van der Waals surface area contributed by atoms with E-state index in [0.29, 0.717) is 38.8 Å². The number of para-hydroxylation sites is 1. The smallest absolute Gasteiger partial charge is 0.341 e. The Hall–Kier alpha value is -2.11. The van der Waals surface area contributed by atoms with E-state index in [1.165, 1.54) is 18.2 Å². The molecule has 0 spiro atoms. The summed E-state index contributed by atoms with van der Waals surface area (Å²) in [6.07, 6.45) is 2.08. The Morgan fingerprint density at radius 2 is 1.55 bits per heavy atom. The highest BCUT2D eigenvalue weighted by Gasteiger charge is 2.30. The molecule has 2 aliphatic rings. The molecular formula is C18H24F2N4O4S. The minimum absolute atomic E-state index is 0.00513. The Morgan fingerprint density at radius 1 is 1.00 bits per heavy atom. The number of halogens is 2. The van der Waals surface area contributed by atoms with E-state index >= 15 is 0 Å². The minimum Gasteiger partial charge on any atom is -0.352 e. The zero-order valence-electron chi connectivity index (χ0n) is 15.8. The number of carbonyl (C=O) groups is 2. The number of rotatable bonds is 8. The predicted octanol–water partition coefficient (Wildman–Crippen LogP) is 0.518. The average Bonchev–Trinajstić information content (AvgIpc) is 3.47. The van der Waals surface area contributed by atoms with Crippen molar-refractivity contribution in [2.45, 2.75) is 29.5 Å². The quantitative estimate of drug-likeness (QED) is 0.624. The molecule has 0 atom stereocenters. The van der Waals surface area contributed by atoms with E-state index in [1.807, 2.05) is 9.80 Å². The second-order valence-electron chi connectivity index (χ2n) is 7.24. The lowest BCUT2D eigenvalue weighted by molar-refractivity contribution is -0.123. The van der Waals surface area contributed by atoms with Crippen LogP contribution in [0.4, 0.5) is 14.5 Å². The van der Waals surface area contributed by atoms with Gasteiger partial charge in [0.25, 0.3) is 0 Å². The molecule has 29 heavy (non-hydrogen) atoms. The topological polar surface area (TPSA) is 98.8 Å². The first-order valence-corrected chi connectivity index (χ1v) is 11.0. The lowest BCUT2D eigenvalue weighted by Gasteiger charge is -2.33. The standard InChI is InChI=1S/C18H24F2N4O4S/c19-18(20)29(27,28)15-4-2-1-3-14(15)22-17(26)12-24-9-7-23(8-10-24)11-16(25)21-13-5-6-13/h1-4,13,18H,5-12H2,(H,21,25)(H,22,26). The maximum absolute atomic E-state index is 12.8. The van der Waals surface area contributed by atoms with Gasteiger partial charge in [-0.2, -0.15) is 8.78 Å². The van der Waals surface area contributed by atoms with Crippen LogP contribution in [0.3, 0.4) is 0 Å². The number of carbonyl (C=O) groups excluding carboxylic acids is 2. The second-order valence-corrected chi connectivity index (χ2v) is 9.13. The van der Waals surface area contributed by atoms with Gasteiger partial charge in [-0.15, -0.1) is 0 Å². The van der Waals surface area contributed by atoms with Gasteiger partial charge in [0.05, 0.1) is 23.7 Å². The minimum atomic E-state index is -4.82. The number of alkyl halides is 2. The molecule has 1 heterocycles. The van der Waals surface area contributed by atoms with E-state index in [1.54, 1.807) is 0 Å². The Balaban J connectivity index is 1.49. The van der Waals surface area contributed by atoms with Crippen molar-refractivity contribution in [1.29, 1.82) is 0 Å². The molecule has 0 aromatic heterocycles. The fraction of sp³-hybridized carbons (Fsp3) is 0.556. The van der Waals surface area contributed by atoms with Crippen molar-refractivity contribution < 1.29 is 26.8 Å². The Labute approximate surface area is 168 Å². The van der Waals surface area contributed by atoms with E-state index in [0.717, 1.165) is 18.9 Å². The van der Waals surface area contributed by atoms with E-state index in [2.05, 4.69) is 10.6 Å². The summed E-state index contributed by atoms with van der Waals surface area (Å²) in [4.78, 5) is 27.4. The summed E-state index contributed by atoms with van der Waals surface area (Å²) >= 11 is 0. The Kier molecular flexibility index (Phi) is 6.81. The second kappa shape index (κ2) is 9.14. The number of benzene rings is 1. The van der Waals surface area contributed by atoms with E-state index in [9.17, 15) is 26.8 Å². The zero-order chi connectivity index (χ0) is 21.0. The lowest BCUT2D eigenvalue weighted by atomic mass is 10.3. The van der Waals surface area contributed by atoms with Crippen LogP contribution in [0.1, 0.15) is 12.8 Å². The number of amides is 2. The van der Waals surface area contributed by atoms with Gasteiger partial charge in [0.2, 0.25) is 21.7 Å². The molecule has 1 saturated heterocycles. The molecular weight excluding hydrogens is 406 g/mol. The molecule has 11 heteroatoms. The SMILES string of the molecule is O=C(CN1CCN(CC(=O)NC2CC2)CC1)Nc1ccccc1S(=O)(=O)C(F)F. The first-order valence-electron chi connectivity index (χ1n) is 9.40. The van der Waals surface area contributed by atoms with Crippen molar-refractivity contribution in [1.82, 2.24) is 15.1 Å². The van der Waals surface area contributed by atoms with Gasteiger partial charge in [-0.1, -0.05) is 12.1 Å². The van der Waals surface area contributed by atoms with Gasteiger partial charge in [0, 0.05) is 32.2 Å². The van der Waals surface area contributed by atoms with E-state index in [4.69, 9.17) is 0 Å². The fourth-order valence-corrected chi connectivity index (χ4v) is 4.00. The van der Waals surface area contributed by atoms with Gasteiger partial charge in [-0.3, -0.25) is 19.4 Å². The normalized spacial score (nSPS) is 18.6. The predicted molar refractivity (Wildman–Crippen MR) is 102 cm³/mol. The third-order valence-corrected chi connectivity index (χ3v) is 6.28. The van der Waals surface area contributed by atoms with Crippen LogP contribution in [0.15, 0.2) is 29.2 Å². The lowest BCUT2D eigenvalue weighted by Crippen LogP contribution is -2.51. The van der Waals surface area contributed by atoms with Crippen molar-refractivity contribution >= 4 is 27.3 Å². The number of nitrogens with one attached hydrogen (secondary N) is 2. The van der Waals surface area contributed by atoms with Gasteiger partial charge in [0.15, 0.2) is 0 Å². The highest BCUT2D eigenvalue weighted by molar-refractivity contribution is 7.91. The summed E-state index contributed by atoms with van der Waals surface area (Å²) in [5, 5.41) is 5.36. The van der Waals surface area contributed by atoms with Crippen molar-refractivity contribution in [3.8, 4) is 0 Å². The van der Waals surface area contributed by atoms with E-state index in [-0.39, 0.29) is 18.1 Å². The summed E-state index contributed by atoms with van der Waals surface area (Å²) < 4.78 is 49.2. The first-order chi connectivity index (χ1) is 13.8. The summed E-state index contributed by atoms with van der Waals surface area (Å²) in [5.41, 5.74) is -0.159. The fourth-order valence-electron chi connectivity index (χ4n) is 3.12. The molecule has 1 aromatic rings. The van der Waals surface area contributed by atoms with Crippen LogP contribution in [0.25, 0.3) is 0 Å². The molecule has 3 rings (SSSR count). The third kappa shape index (κ3) is 5.94. The first kappa shape index (κ1) is 21.6. The number of nitrogens with zero attached hydrogens (tertiary/aromatic N) is 2.